The number of halogens is 1. The lowest BCUT2D eigenvalue weighted by Gasteiger charge is -2.19. The van der Waals surface area contributed by atoms with Gasteiger partial charge in [0.1, 0.15) is 5.82 Å². The number of nitrogens with one attached hydrogen (secondary N) is 1. The first-order chi connectivity index (χ1) is 14.7. The lowest BCUT2D eigenvalue weighted by molar-refractivity contribution is 0.216. The maximum atomic E-state index is 13.6. The lowest BCUT2D eigenvalue weighted by Crippen LogP contribution is -2.15. The largest absolute Gasteiger partial charge is 0.383 e. The molecule has 1 fully saturated rings. The summed E-state index contributed by atoms with van der Waals surface area (Å²) in [6.07, 6.45) is 7.66. The fraction of sp³-hybridized carbons (Fsp3) is 0.250. The number of nitrogens with zero attached hydrogens (tertiary/aromatic N) is 2. The number of aromatic nitrogens is 2. The van der Waals surface area contributed by atoms with Crippen molar-refractivity contribution in [2.75, 3.05) is 25.5 Å². The second-order valence-electron chi connectivity index (χ2n) is 7.72. The van der Waals surface area contributed by atoms with Crippen LogP contribution in [-0.2, 0) is 4.74 Å². The van der Waals surface area contributed by atoms with E-state index in [0.717, 1.165) is 24.1 Å². The molecule has 0 unspecified atom stereocenters. The van der Waals surface area contributed by atoms with Crippen LogP contribution in [0.2, 0.25) is 0 Å². The number of benzene rings is 1. The molecule has 2 aromatic heterocycles. The minimum Gasteiger partial charge on any atom is -0.383 e. The van der Waals surface area contributed by atoms with E-state index in [9.17, 15) is 4.39 Å². The molecule has 2 aliphatic heterocycles. The SMILES string of the molecule is Nc1ncc(-c2ccc(C3=CCOC3)c([C@@H]3CCCN3)c2)cc1-c1ccnc(F)c1. The van der Waals surface area contributed by atoms with Crippen LogP contribution in [0.1, 0.15) is 30.0 Å². The zero-order valence-corrected chi connectivity index (χ0v) is 16.6. The molecule has 1 atom stereocenters. The Morgan fingerprint density at radius 3 is 2.73 bits per heavy atom. The van der Waals surface area contributed by atoms with Crippen LogP contribution >= 0.6 is 0 Å². The van der Waals surface area contributed by atoms with E-state index in [2.05, 4.69) is 39.6 Å². The Morgan fingerprint density at radius 2 is 1.97 bits per heavy atom. The van der Waals surface area contributed by atoms with Crippen LogP contribution in [0.25, 0.3) is 27.8 Å². The first kappa shape index (κ1) is 18.9. The van der Waals surface area contributed by atoms with Crippen LogP contribution < -0.4 is 11.1 Å². The van der Waals surface area contributed by atoms with Crippen molar-refractivity contribution >= 4 is 11.4 Å². The summed E-state index contributed by atoms with van der Waals surface area (Å²) in [5.41, 5.74) is 13.2. The van der Waals surface area contributed by atoms with Gasteiger partial charge >= 0.3 is 0 Å². The highest BCUT2D eigenvalue weighted by Crippen LogP contribution is 2.36. The number of anilines is 1. The van der Waals surface area contributed by atoms with E-state index in [4.69, 9.17) is 10.5 Å². The number of nitrogen functional groups attached to an aromatic ring is 1. The minimum atomic E-state index is -0.539. The van der Waals surface area contributed by atoms with Gasteiger partial charge in [0, 0.05) is 35.6 Å². The fourth-order valence-corrected chi connectivity index (χ4v) is 4.28. The van der Waals surface area contributed by atoms with Crippen LogP contribution in [0.5, 0.6) is 0 Å². The summed E-state index contributed by atoms with van der Waals surface area (Å²) in [7, 11) is 0. The van der Waals surface area contributed by atoms with E-state index in [1.54, 1.807) is 12.3 Å². The molecule has 0 amide bonds. The standard InChI is InChI=1S/C24H23FN4O/c25-23-12-16(5-8-28-23)20-11-18(13-29-24(20)26)15-3-4-19(17-6-9-30-14-17)21(10-15)22-2-1-7-27-22/h3-6,8,10-13,22,27H,1-2,7,9,14H2,(H2,26,29)/t22-/m0/s1. The predicted molar refractivity (Wildman–Crippen MR) is 116 cm³/mol. The molecule has 1 aromatic carbocycles. The monoisotopic (exact) mass is 402 g/mol. The normalized spacial score (nSPS) is 18.6. The van der Waals surface area contributed by atoms with Crippen molar-refractivity contribution in [3.8, 4) is 22.3 Å². The molecule has 5 rings (SSSR count). The number of rotatable bonds is 4. The topological polar surface area (TPSA) is 73.1 Å². The van der Waals surface area contributed by atoms with Gasteiger partial charge in [0.15, 0.2) is 0 Å². The molecule has 0 saturated carbocycles. The molecule has 5 nitrogen and oxygen atoms in total. The molecule has 3 N–H and O–H groups in total. The van der Waals surface area contributed by atoms with Gasteiger partial charge in [-0.1, -0.05) is 18.2 Å². The van der Waals surface area contributed by atoms with Gasteiger partial charge in [0.2, 0.25) is 5.95 Å². The molecule has 152 valence electrons. The number of nitrogens with two attached hydrogens (primary N) is 1. The fourth-order valence-electron chi connectivity index (χ4n) is 4.28. The van der Waals surface area contributed by atoms with Crippen molar-refractivity contribution in [2.45, 2.75) is 18.9 Å². The van der Waals surface area contributed by atoms with Crippen LogP contribution in [0, 0.1) is 5.95 Å². The van der Waals surface area contributed by atoms with Crippen molar-refractivity contribution in [3.05, 3.63) is 71.9 Å². The molecule has 4 heterocycles. The molecule has 2 aliphatic rings. The number of hydrogen-bond acceptors (Lipinski definition) is 5. The average molecular weight is 402 g/mol. The summed E-state index contributed by atoms with van der Waals surface area (Å²) in [5.74, 6) is -0.171. The van der Waals surface area contributed by atoms with Gasteiger partial charge in [-0.2, -0.15) is 4.39 Å². The Morgan fingerprint density at radius 1 is 1.03 bits per heavy atom. The number of ether oxygens (including phenoxy) is 1. The highest BCUT2D eigenvalue weighted by Gasteiger charge is 2.22. The summed E-state index contributed by atoms with van der Waals surface area (Å²) in [6.45, 7) is 2.35. The zero-order chi connectivity index (χ0) is 20.5. The third-order valence-corrected chi connectivity index (χ3v) is 5.83. The smallest absolute Gasteiger partial charge is 0.213 e. The second kappa shape index (κ2) is 7.97. The summed E-state index contributed by atoms with van der Waals surface area (Å²) in [4.78, 5) is 8.00. The molecule has 1 saturated heterocycles. The zero-order valence-electron chi connectivity index (χ0n) is 16.6. The molecule has 0 bridgehead atoms. The van der Waals surface area contributed by atoms with Gasteiger partial charge in [-0.15, -0.1) is 0 Å². The second-order valence-corrected chi connectivity index (χ2v) is 7.72. The molecule has 0 spiro atoms. The highest BCUT2D eigenvalue weighted by atomic mass is 19.1. The van der Waals surface area contributed by atoms with E-state index in [1.165, 1.54) is 35.4 Å². The number of pyridine rings is 2. The first-order valence-corrected chi connectivity index (χ1v) is 10.2. The molecular formula is C24H23FN4O. The van der Waals surface area contributed by atoms with Gasteiger partial charge < -0.3 is 15.8 Å². The quantitative estimate of drug-likeness (QED) is 0.634. The molecule has 0 aliphatic carbocycles. The van der Waals surface area contributed by atoms with E-state index in [1.807, 2.05) is 6.07 Å². The van der Waals surface area contributed by atoms with Crippen molar-refractivity contribution in [1.82, 2.24) is 15.3 Å². The Labute approximate surface area is 174 Å². The molecule has 30 heavy (non-hydrogen) atoms. The van der Waals surface area contributed by atoms with E-state index in [-0.39, 0.29) is 0 Å². The van der Waals surface area contributed by atoms with Gasteiger partial charge in [0.05, 0.1) is 13.2 Å². The van der Waals surface area contributed by atoms with Crippen LogP contribution in [0.4, 0.5) is 10.2 Å². The average Bonchev–Trinajstić information content (AvgIpc) is 3.48. The van der Waals surface area contributed by atoms with Gasteiger partial charge in [0.25, 0.3) is 0 Å². The summed E-state index contributed by atoms with van der Waals surface area (Å²) in [5, 5.41) is 3.62. The van der Waals surface area contributed by atoms with E-state index >= 15 is 0 Å². The highest BCUT2D eigenvalue weighted by molar-refractivity contribution is 5.80. The molecular weight excluding hydrogens is 379 g/mol. The first-order valence-electron chi connectivity index (χ1n) is 10.2. The van der Waals surface area contributed by atoms with E-state index in [0.29, 0.717) is 36.2 Å². The molecule has 0 radical (unpaired) electrons. The Balaban J connectivity index is 1.59. The Kier molecular flexibility index (Phi) is 5.02. The Bertz CT molecular complexity index is 1120. The number of hydrogen-bond donors (Lipinski definition) is 2. The lowest BCUT2D eigenvalue weighted by atomic mass is 9.90. The third-order valence-electron chi connectivity index (χ3n) is 5.83. The molecule has 3 aromatic rings. The Hall–Kier alpha value is -3.09. The minimum absolute atomic E-state index is 0.331. The van der Waals surface area contributed by atoms with E-state index < -0.39 is 5.95 Å². The van der Waals surface area contributed by atoms with Gasteiger partial charge in [-0.25, -0.2) is 9.97 Å². The predicted octanol–water partition coefficient (Wildman–Crippen LogP) is 4.37. The summed E-state index contributed by atoms with van der Waals surface area (Å²) in [6, 6.07) is 11.9. The third kappa shape index (κ3) is 3.60. The molecule has 6 heteroatoms. The van der Waals surface area contributed by atoms with Crippen molar-refractivity contribution in [1.29, 1.82) is 0 Å². The summed E-state index contributed by atoms with van der Waals surface area (Å²) < 4.78 is 19.2. The van der Waals surface area contributed by atoms with Crippen LogP contribution in [-0.4, -0.2) is 29.7 Å². The van der Waals surface area contributed by atoms with Crippen LogP contribution in [0.3, 0.4) is 0 Å². The maximum Gasteiger partial charge on any atom is 0.213 e. The summed E-state index contributed by atoms with van der Waals surface area (Å²) >= 11 is 0. The van der Waals surface area contributed by atoms with Gasteiger partial charge in [-0.05, 0) is 65.4 Å². The maximum absolute atomic E-state index is 13.6. The van der Waals surface area contributed by atoms with Crippen molar-refractivity contribution < 1.29 is 9.13 Å². The van der Waals surface area contributed by atoms with Crippen molar-refractivity contribution in [3.63, 3.8) is 0 Å². The van der Waals surface area contributed by atoms with Gasteiger partial charge in [-0.3, -0.25) is 0 Å². The van der Waals surface area contributed by atoms with Crippen LogP contribution in [0.15, 0.2) is 54.9 Å². The van der Waals surface area contributed by atoms with Crippen molar-refractivity contribution in [2.24, 2.45) is 0 Å².